The molecule has 0 atom stereocenters. The van der Waals surface area contributed by atoms with Crippen molar-refractivity contribution < 1.29 is 0 Å². The highest BCUT2D eigenvalue weighted by molar-refractivity contribution is 5.39. The van der Waals surface area contributed by atoms with E-state index in [4.69, 9.17) is 0 Å². The van der Waals surface area contributed by atoms with E-state index in [9.17, 15) is 0 Å². The van der Waals surface area contributed by atoms with Crippen LogP contribution in [-0.4, -0.2) is 0 Å². The van der Waals surface area contributed by atoms with Crippen molar-refractivity contribution in [2.75, 3.05) is 0 Å². The summed E-state index contributed by atoms with van der Waals surface area (Å²) in [5.74, 6) is 1.02. The highest BCUT2D eigenvalue weighted by Crippen LogP contribution is 2.32. The van der Waals surface area contributed by atoms with E-state index in [1.165, 1.54) is 11.1 Å². The summed E-state index contributed by atoms with van der Waals surface area (Å²) in [6, 6.07) is 0. The maximum absolute atomic E-state index is 2.27. The molecule has 2 rings (SSSR count). The van der Waals surface area contributed by atoms with Gasteiger partial charge in [-0.05, 0) is 13.8 Å². The van der Waals surface area contributed by atoms with Gasteiger partial charge in [-0.15, -0.1) is 0 Å². The topological polar surface area (TPSA) is 0 Å². The lowest BCUT2D eigenvalue weighted by Gasteiger charge is -2.18. The highest BCUT2D eigenvalue weighted by atomic mass is 14.2. The fourth-order valence-corrected chi connectivity index (χ4v) is 2.17. The first-order valence-corrected chi connectivity index (χ1v) is 5.16. The summed E-state index contributed by atoms with van der Waals surface area (Å²) in [6.45, 7) is 4.41. The van der Waals surface area contributed by atoms with Gasteiger partial charge in [-0.25, -0.2) is 0 Å². The third-order valence-electron chi connectivity index (χ3n) is 2.79. The molecular formula is C14H16. The normalized spacial score (nSPS) is 19.9. The van der Waals surface area contributed by atoms with E-state index >= 15 is 0 Å². The summed E-state index contributed by atoms with van der Waals surface area (Å²) in [4.78, 5) is 0. The van der Waals surface area contributed by atoms with Gasteiger partial charge in [-0.3, -0.25) is 0 Å². The van der Waals surface area contributed by atoms with Gasteiger partial charge in [-0.2, -0.15) is 0 Å². The predicted octanol–water partition coefficient (Wildman–Crippen LogP) is 3.81. The van der Waals surface area contributed by atoms with E-state index in [0.717, 1.165) is 0 Å². The van der Waals surface area contributed by atoms with Gasteiger partial charge in [0.1, 0.15) is 0 Å². The molecule has 0 fully saturated rings. The lowest BCUT2D eigenvalue weighted by molar-refractivity contribution is 0.812. The first-order valence-electron chi connectivity index (χ1n) is 5.16. The molecule has 14 heavy (non-hydrogen) atoms. The molecule has 0 nitrogen and oxygen atoms in total. The molecule has 0 aromatic heterocycles. The molecule has 0 bridgehead atoms. The smallest absolute Gasteiger partial charge is 0.0175 e. The van der Waals surface area contributed by atoms with E-state index in [0.29, 0.717) is 11.8 Å². The summed E-state index contributed by atoms with van der Waals surface area (Å²) in [5, 5.41) is 0. The Bertz CT molecular complexity index is 303. The van der Waals surface area contributed by atoms with Crippen LogP contribution in [0.25, 0.3) is 0 Å². The molecule has 2 aliphatic rings. The molecule has 0 aromatic rings. The molecule has 0 aromatic carbocycles. The molecule has 0 saturated heterocycles. The summed E-state index contributed by atoms with van der Waals surface area (Å²) < 4.78 is 0. The van der Waals surface area contributed by atoms with Crippen LogP contribution in [0.4, 0.5) is 0 Å². The van der Waals surface area contributed by atoms with Gasteiger partial charge in [0, 0.05) is 11.8 Å². The van der Waals surface area contributed by atoms with Crippen LogP contribution < -0.4 is 0 Å². The minimum Gasteiger partial charge on any atom is -0.0754 e. The van der Waals surface area contributed by atoms with Crippen LogP contribution in [0.2, 0.25) is 0 Å². The minimum atomic E-state index is 0.511. The van der Waals surface area contributed by atoms with Crippen LogP contribution in [0.1, 0.15) is 13.8 Å². The van der Waals surface area contributed by atoms with Gasteiger partial charge >= 0.3 is 0 Å². The Kier molecular flexibility index (Phi) is 2.53. The van der Waals surface area contributed by atoms with Gasteiger partial charge in [0.05, 0.1) is 0 Å². The van der Waals surface area contributed by atoms with Crippen LogP contribution in [-0.2, 0) is 0 Å². The van der Waals surface area contributed by atoms with Crippen LogP contribution in [0, 0.1) is 11.8 Å². The van der Waals surface area contributed by atoms with Crippen LogP contribution in [0.5, 0.6) is 0 Å². The first kappa shape index (κ1) is 9.26. The lowest BCUT2D eigenvalue weighted by atomic mass is 9.86. The number of hydrogen-bond donors (Lipinski definition) is 0. The molecule has 72 valence electrons. The predicted molar refractivity (Wildman–Crippen MR) is 61.9 cm³/mol. The van der Waals surface area contributed by atoms with E-state index < -0.39 is 0 Å². The zero-order valence-electron chi connectivity index (χ0n) is 8.77. The molecule has 0 amide bonds. The molecule has 0 spiro atoms. The van der Waals surface area contributed by atoms with Gasteiger partial charge in [0.25, 0.3) is 0 Å². The largest absolute Gasteiger partial charge is 0.0754 e. The van der Waals surface area contributed by atoms with Gasteiger partial charge < -0.3 is 0 Å². The van der Waals surface area contributed by atoms with Crippen LogP contribution in [0.3, 0.4) is 0 Å². The summed E-state index contributed by atoms with van der Waals surface area (Å²) in [7, 11) is 0. The molecule has 0 unspecified atom stereocenters. The van der Waals surface area contributed by atoms with Crippen molar-refractivity contribution in [2.24, 2.45) is 11.8 Å². The summed E-state index contributed by atoms with van der Waals surface area (Å²) >= 11 is 0. The Labute approximate surface area is 86.0 Å². The molecule has 0 saturated carbocycles. The maximum atomic E-state index is 2.27. The average Bonchev–Trinajstić information content (AvgIpc) is 2.75. The van der Waals surface area contributed by atoms with Gasteiger partial charge in [0.15, 0.2) is 0 Å². The van der Waals surface area contributed by atoms with E-state index in [1.807, 2.05) is 0 Å². The van der Waals surface area contributed by atoms with Crippen molar-refractivity contribution in [1.29, 1.82) is 0 Å². The number of allylic oxidation sites excluding steroid dienone is 10. The average molecular weight is 184 g/mol. The van der Waals surface area contributed by atoms with Crippen molar-refractivity contribution in [1.82, 2.24) is 0 Å². The molecule has 0 radical (unpaired) electrons. The van der Waals surface area contributed by atoms with E-state index in [1.54, 1.807) is 0 Å². The number of hydrogen-bond acceptors (Lipinski definition) is 0. The lowest BCUT2D eigenvalue weighted by Crippen LogP contribution is -2.06. The SMILES string of the molecule is CC(C)=C(C1C=CC=C1)C1C=CC=C1. The Morgan fingerprint density at radius 1 is 0.714 bits per heavy atom. The quantitative estimate of drug-likeness (QED) is 0.572. The molecule has 2 aliphatic carbocycles. The zero-order chi connectivity index (χ0) is 9.97. The second-order valence-corrected chi connectivity index (χ2v) is 4.05. The Morgan fingerprint density at radius 2 is 1.07 bits per heavy atom. The molecule has 0 heterocycles. The van der Waals surface area contributed by atoms with Crippen LogP contribution in [0.15, 0.2) is 59.8 Å². The third-order valence-corrected chi connectivity index (χ3v) is 2.79. The van der Waals surface area contributed by atoms with Crippen molar-refractivity contribution in [2.45, 2.75) is 13.8 Å². The zero-order valence-corrected chi connectivity index (χ0v) is 8.77. The van der Waals surface area contributed by atoms with Crippen molar-refractivity contribution >= 4 is 0 Å². The van der Waals surface area contributed by atoms with Crippen molar-refractivity contribution in [3.05, 3.63) is 59.8 Å². The fourth-order valence-electron chi connectivity index (χ4n) is 2.17. The summed E-state index contributed by atoms with van der Waals surface area (Å²) in [5.41, 5.74) is 2.97. The molecule has 0 N–H and O–H groups in total. The number of rotatable bonds is 2. The monoisotopic (exact) mass is 184 g/mol. The minimum absolute atomic E-state index is 0.511. The van der Waals surface area contributed by atoms with Crippen molar-refractivity contribution in [3.63, 3.8) is 0 Å². The molecule has 0 heteroatoms. The second kappa shape index (κ2) is 3.83. The molecule has 0 aliphatic heterocycles. The Hall–Kier alpha value is -1.30. The second-order valence-electron chi connectivity index (χ2n) is 4.05. The van der Waals surface area contributed by atoms with Crippen molar-refractivity contribution in [3.8, 4) is 0 Å². The van der Waals surface area contributed by atoms with Gasteiger partial charge in [-0.1, -0.05) is 59.8 Å². The van der Waals surface area contributed by atoms with Gasteiger partial charge in [0.2, 0.25) is 0 Å². The van der Waals surface area contributed by atoms with E-state index in [2.05, 4.69) is 62.5 Å². The fraction of sp³-hybridized carbons (Fsp3) is 0.286. The van der Waals surface area contributed by atoms with Crippen LogP contribution >= 0.6 is 0 Å². The summed E-state index contributed by atoms with van der Waals surface area (Å²) in [6.07, 6.45) is 17.6. The third kappa shape index (κ3) is 1.65. The Balaban J connectivity index is 2.29. The standard InChI is InChI=1S/C14H16/c1-11(2)14(12-7-3-4-8-12)13-9-5-6-10-13/h3-10,12-13H,1-2H3. The Morgan fingerprint density at radius 3 is 1.36 bits per heavy atom. The van der Waals surface area contributed by atoms with E-state index in [-0.39, 0.29) is 0 Å². The highest BCUT2D eigenvalue weighted by Gasteiger charge is 2.18. The molecular weight excluding hydrogens is 168 g/mol. The maximum Gasteiger partial charge on any atom is 0.0175 e. The first-order chi connectivity index (χ1) is 6.79.